The minimum atomic E-state index is -1.07. The fourth-order valence-electron chi connectivity index (χ4n) is 4.50. The van der Waals surface area contributed by atoms with Crippen molar-refractivity contribution in [3.63, 3.8) is 0 Å². The van der Waals surface area contributed by atoms with Crippen molar-refractivity contribution in [3.05, 3.63) is 89.5 Å². The van der Waals surface area contributed by atoms with E-state index in [-0.39, 0.29) is 30.5 Å². The van der Waals surface area contributed by atoms with Gasteiger partial charge in [-0.2, -0.15) is 0 Å². The number of carboxylic acids is 1. The summed E-state index contributed by atoms with van der Waals surface area (Å²) in [5.74, 6) is -1.87. The Kier molecular flexibility index (Phi) is 7.45. The third-order valence-corrected chi connectivity index (χ3v) is 6.22. The first-order valence-corrected chi connectivity index (χ1v) is 11.7. The van der Waals surface area contributed by atoms with E-state index in [1.54, 1.807) is 12.1 Å². The molecule has 3 N–H and O–H groups in total. The zero-order valence-corrected chi connectivity index (χ0v) is 19.5. The molecular formula is C28H28N2O5. The third-order valence-electron chi connectivity index (χ3n) is 6.22. The molecule has 180 valence electrons. The van der Waals surface area contributed by atoms with Crippen LogP contribution in [0, 0.1) is 5.92 Å². The van der Waals surface area contributed by atoms with Gasteiger partial charge in [0, 0.05) is 18.2 Å². The largest absolute Gasteiger partial charge is 0.478 e. The van der Waals surface area contributed by atoms with Gasteiger partial charge in [-0.15, -0.1) is 0 Å². The average molecular weight is 473 g/mol. The Morgan fingerprint density at radius 2 is 1.60 bits per heavy atom. The van der Waals surface area contributed by atoms with Crippen LogP contribution in [-0.4, -0.2) is 36.2 Å². The summed E-state index contributed by atoms with van der Waals surface area (Å²) >= 11 is 0. The van der Waals surface area contributed by atoms with E-state index in [2.05, 4.69) is 34.9 Å². The average Bonchev–Trinajstić information content (AvgIpc) is 3.19. The fraction of sp³-hybridized carbons (Fsp3) is 0.250. The van der Waals surface area contributed by atoms with Crippen LogP contribution in [0.1, 0.15) is 47.2 Å². The van der Waals surface area contributed by atoms with Crippen molar-refractivity contribution in [3.8, 4) is 11.1 Å². The van der Waals surface area contributed by atoms with Crippen molar-refractivity contribution in [2.45, 2.75) is 25.7 Å². The molecule has 1 aliphatic carbocycles. The van der Waals surface area contributed by atoms with Crippen LogP contribution < -0.4 is 10.6 Å². The van der Waals surface area contributed by atoms with Crippen molar-refractivity contribution < 1.29 is 24.2 Å². The quantitative estimate of drug-likeness (QED) is 0.393. The summed E-state index contributed by atoms with van der Waals surface area (Å²) in [5, 5.41) is 14.6. The maximum atomic E-state index is 12.8. The number of ether oxygens (including phenoxy) is 1. The van der Waals surface area contributed by atoms with Crippen molar-refractivity contribution in [1.82, 2.24) is 5.32 Å². The first kappa shape index (κ1) is 24.0. The van der Waals surface area contributed by atoms with Crippen LogP contribution in [0.3, 0.4) is 0 Å². The fourth-order valence-corrected chi connectivity index (χ4v) is 4.50. The van der Waals surface area contributed by atoms with E-state index in [1.165, 1.54) is 12.1 Å². The summed E-state index contributed by atoms with van der Waals surface area (Å²) in [5.41, 5.74) is 5.07. The summed E-state index contributed by atoms with van der Waals surface area (Å²) in [4.78, 5) is 36.5. The van der Waals surface area contributed by atoms with E-state index in [4.69, 9.17) is 9.84 Å². The van der Waals surface area contributed by atoms with Crippen LogP contribution in [-0.2, 0) is 9.53 Å². The lowest BCUT2D eigenvalue weighted by atomic mass is 9.98. The minimum absolute atomic E-state index is 0.0376. The molecule has 1 unspecified atom stereocenters. The molecule has 0 bridgehead atoms. The number of alkyl carbamates (subject to hydrolysis) is 1. The van der Waals surface area contributed by atoms with Crippen LogP contribution >= 0.6 is 0 Å². The Labute approximate surface area is 204 Å². The minimum Gasteiger partial charge on any atom is -0.478 e. The molecule has 1 aliphatic rings. The van der Waals surface area contributed by atoms with Gasteiger partial charge in [-0.25, -0.2) is 9.59 Å². The molecule has 0 spiro atoms. The van der Waals surface area contributed by atoms with Crippen molar-refractivity contribution in [2.75, 3.05) is 18.5 Å². The lowest BCUT2D eigenvalue weighted by Gasteiger charge is -2.18. The molecule has 0 aliphatic heterocycles. The molecule has 0 radical (unpaired) electrons. The zero-order valence-electron chi connectivity index (χ0n) is 19.5. The maximum Gasteiger partial charge on any atom is 0.407 e. The Hall–Kier alpha value is -4.13. The van der Waals surface area contributed by atoms with Gasteiger partial charge in [0.15, 0.2) is 0 Å². The highest BCUT2D eigenvalue weighted by Crippen LogP contribution is 2.44. The van der Waals surface area contributed by atoms with E-state index >= 15 is 0 Å². The molecule has 0 saturated carbocycles. The second-order valence-electron chi connectivity index (χ2n) is 8.57. The Balaban J connectivity index is 1.34. The molecule has 2 amide bonds. The highest BCUT2D eigenvalue weighted by molar-refractivity contribution is 5.95. The number of carbonyl (C=O) groups is 3. The van der Waals surface area contributed by atoms with Gasteiger partial charge in [-0.05, 0) is 46.9 Å². The topological polar surface area (TPSA) is 105 Å². The lowest BCUT2D eigenvalue weighted by Crippen LogP contribution is -2.36. The number of rotatable bonds is 9. The van der Waals surface area contributed by atoms with Gasteiger partial charge in [-0.3, -0.25) is 4.79 Å². The van der Waals surface area contributed by atoms with E-state index in [9.17, 15) is 14.4 Å². The lowest BCUT2D eigenvalue weighted by molar-refractivity contribution is -0.119. The first-order chi connectivity index (χ1) is 17.0. The number of anilines is 1. The first-order valence-electron chi connectivity index (χ1n) is 11.7. The number of nitrogens with one attached hydrogen (secondary N) is 2. The van der Waals surface area contributed by atoms with Gasteiger partial charge in [-0.1, -0.05) is 67.9 Å². The predicted octanol–water partition coefficient (Wildman–Crippen LogP) is 5.28. The number of aromatic carboxylic acids is 1. The van der Waals surface area contributed by atoms with Crippen LogP contribution in [0.5, 0.6) is 0 Å². The standard InChI is InChI=1S/C28H28N2O5/c1-2-8-19(26(31)30-20-10-7-9-18(15-20)27(32)33)16-29-28(34)35-17-25-23-13-5-3-11-21(23)22-12-4-6-14-24(22)25/h3-7,9-15,19,25H,2,8,16-17H2,1H3,(H,29,34)(H,30,31)(H,32,33). The van der Waals surface area contributed by atoms with Crippen LogP contribution in [0.2, 0.25) is 0 Å². The van der Waals surface area contributed by atoms with Crippen LogP contribution in [0.4, 0.5) is 10.5 Å². The second kappa shape index (κ2) is 10.9. The molecular weight excluding hydrogens is 444 g/mol. The number of hydrogen-bond donors (Lipinski definition) is 3. The monoisotopic (exact) mass is 472 g/mol. The number of hydrogen-bond acceptors (Lipinski definition) is 4. The van der Waals surface area contributed by atoms with Gasteiger partial charge in [0.25, 0.3) is 0 Å². The molecule has 7 heteroatoms. The van der Waals surface area contributed by atoms with Gasteiger partial charge >= 0.3 is 12.1 Å². The maximum absolute atomic E-state index is 12.8. The molecule has 35 heavy (non-hydrogen) atoms. The molecule has 1 atom stereocenters. The summed E-state index contributed by atoms with van der Waals surface area (Å²) in [6.45, 7) is 2.28. The number of carbonyl (C=O) groups excluding carboxylic acids is 2. The number of carboxylic acid groups (broad SMARTS) is 1. The van der Waals surface area contributed by atoms with Gasteiger partial charge in [0.05, 0.1) is 11.5 Å². The Morgan fingerprint density at radius 3 is 2.23 bits per heavy atom. The molecule has 0 aromatic heterocycles. The van der Waals surface area contributed by atoms with Crippen LogP contribution in [0.15, 0.2) is 72.8 Å². The number of amides is 2. The molecule has 0 saturated heterocycles. The van der Waals surface area contributed by atoms with Crippen molar-refractivity contribution >= 4 is 23.7 Å². The molecule has 0 heterocycles. The van der Waals surface area contributed by atoms with Crippen LogP contribution in [0.25, 0.3) is 11.1 Å². The van der Waals surface area contributed by atoms with Crippen molar-refractivity contribution in [1.29, 1.82) is 0 Å². The SMILES string of the molecule is CCCC(CNC(=O)OCC1c2ccccc2-c2ccccc21)C(=O)Nc1cccc(C(=O)O)c1. The third kappa shape index (κ3) is 5.51. The van der Waals surface area contributed by atoms with E-state index in [1.807, 2.05) is 31.2 Å². The smallest absolute Gasteiger partial charge is 0.407 e. The molecule has 0 fully saturated rings. The van der Waals surface area contributed by atoms with E-state index in [0.717, 1.165) is 28.7 Å². The highest BCUT2D eigenvalue weighted by Gasteiger charge is 2.29. The highest BCUT2D eigenvalue weighted by atomic mass is 16.5. The van der Waals surface area contributed by atoms with E-state index < -0.39 is 18.0 Å². The molecule has 7 nitrogen and oxygen atoms in total. The summed E-state index contributed by atoms with van der Waals surface area (Å²) in [7, 11) is 0. The van der Waals surface area contributed by atoms with Gasteiger partial charge in [0.2, 0.25) is 5.91 Å². The van der Waals surface area contributed by atoms with E-state index in [0.29, 0.717) is 12.1 Å². The predicted molar refractivity (Wildman–Crippen MR) is 134 cm³/mol. The summed E-state index contributed by atoms with van der Waals surface area (Å²) in [6.07, 6.45) is 0.738. The normalized spacial score (nSPS) is 12.8. The molecule has 3 aromatic carbocycles. The van der Waals surface area contributed by atoms with Crippen molar-refractivity contribution in [2.24, 2.45) is 5.92 Å². The van der Waals surface area contributed by atoms with Gasteiger partial charge in [0.1, 0.15) is 6.61 Å². The summed E-state index contributed by atoms with van der Waals surface area (Å²) < 4.78 is 5.56. The number of benzene rings is 3. The van der Waals surface area contributed by atoms with Gasteiger partial charge < -0.3 is 20.5 Å². The Bertz CT molecular complexity index is 1190. The summed E-state index contributed by atoms with van der Waals surface area (Å²) in [6, 6.07) is 22.3. The zero-order chi connectivity index (χ0) is 24.8. The number of fused-ring (bicyclic) bond motifs is 3. The molecule has 4 rings (SSSR count). The molecule has 3 aromatic rings. The Morgan fingerprint density at radius 1 is 0.943 bits per heavy atom. The second-order valence-corrected chi connectivity index (χ2v) is 8.57.